The number of nitrogens with zero attached hydrogens (tertiary/aromatic N) is 2. The van der Waals surface area contributed by atoms with Crippen LogP contribution in [-0.2, 0) is 13.0 Å². The van der Waals surface area contributed by atoms with Gasteiger partial charge in [0.1, 0.15) is 12.4 Å². The first kappa shape index (κ1) is 12.8. The monoisotopic (exact) mass is 273 g/mol. The lowest BCUT2D eigenvalue weighted by atomic mass is 10.3. The predicted octanol–water partition coefficient (Wildman–Crippen LogP) is 2.43. The SMILES string of the molecule is NC(=S)Cc1nc2ccccc2n1CC(F)(F)F. The summed E-state index contributed by atoms with van der Waals surface area (Å²) in [6, 6.07) is 6.64. The molecule has 7 heteroatoms. The van der Waals surface area contributed by atoms with E-state index in [1.54, 1.807) is 24.3 Å². The smallest absolute Gasteiger partial charge is 0.393 e. The first-order valence-corrected chi connectivity index (χ1v) is 5.57. The Morgan fingerprint density at radius 2 is 2.00 bits per heavy atom. The van der Waals surface area contributed by atoms with Crippen molar-refractivity contribution >= 4 is 28.2 Å². The number of benzene rings is 1. The summed E-state index contributed by atoms with van der Waals surface area (Å²) in [5.74, 6) is 0.237. The molecular weight excluding hydrogens is 263 g/mol. The molecular formula is C11H10F3N3S. The van der Waals surface area contributed by atoms with Crippen LogP contribution in [0.2, 0.25) is 0 Å². The molecule has 2 aromatic rings. The number of halogens is 3. The fourth-order valence-corrected chi connectivity index (χ4v) is 1.90. The summed E-state index contributed by atoms with van der Waals surface area (Å²) in [7, 11) is 0. The normalized spacial score (nSPS) is 11.9. The number of hydrogen-bond acceptors (Lipinski definition) is 2. The molecule has 0 aliphatic rings. The first-order chi connectivity index (χ1) is 8.37. The maximum atomic E-state index is 12.6. The quantitative estimate of drug-likeness (QED) is 0.873. The molecule has 1 heterocycles. The summed E-state index contributed by atoms with van der Waals surface area (Å²) in [4.78, 5) is 4.25. The summed E-state index contributed by atoms with van der Waals surface area (Å²) >= 11 is 4.73. The summed E-state index contributed by atoms with van der Waals surface area (Å²) < 4.78 is 38.8. The van der Waals surface area contributed by atoms with E-state index in [4.69, 9.17) is 18.0 Å². The Labute approximate surface area is 106 Å². The van der Waals surface area contributed by atoms with Gasteiger partial charge in [0.05, 0.1) is 22.4 Å². The van der Waals surface area contributed by atoms with E-state index in [1.807, 2.05) is 0 Å². The molecule has 0 amide bonds. The van der Waals surface area contributed by atoms with Gasteiger partial charge in [-0.05, 0) is 12.1 Å². The second-order valence-electron chi connectivity index (χ2n) is 3.86. The number of alkyl halides is 3. The van der Waals surface area contributed by atoms with Gasteiger partial charge in [-0.15, -0.1) is 0 Å². The van der Waals surface area contributed by atoms with E-state index in [2.05, 4.69) is 4.98 Å². The zero-order chi connectivity index (χ0) is 13.3. The van der Waals surface area contributed by atoms with Crippen LogP contribution < -0.4 is 5.73 Å². The molecule has 0 saturated carbocycles. The molecule has 0 atom stereocenters. The first-order valence-electron chi connectivity index (χ1n) is 5.16. The molecule has 18 heavy (non-hydrogen) atoms. The lowest BCUT2D eigenvalue weighted by Crippen LogP contribution is -2.22. The number of fused-ring (bicyclic) bond motifs is 1. The highest BCUT2D eigenvalue weighted by Crippen LogP contribution is 2.23. The Hall–Kier alpha value is -1.63. The number of nitrogens with two attached hydrogens (primary N) is 1. The van der Waals surface area contributed by atoms with Gasteiger partial charge in [0.2, 0.25) is 0 Å². The van der Waals surface area contributed by atoms with Gasteiger partial charge < -0.3 is 10.3 Å². The van der Waals surface area contributed by atoms with Crippen LogP contribution in [-0.4, -0.2) is 20.7 Å². The van der Waals surface area contributed by atoms with Crippen LogP contribution in [0.3, 0.4) is 0 Å². The largest absolute Gasteiger partial charge is 0.406 e. The Bertz CT molecular complexity index is 589. The van der Waals surface area contributed by atoms with Gasteiger partial charge in [-0.1, -0.05) is 24.4 Å². The van der Waals surface area contributed by atoms with Crippen LogP contribution >= 0.6 is 12.2 Å². The van der Waals surface area contributed by atoms with E-state index in [0.717, 1.165) is 4.57 Å². The fourth-order valence-electron chi connectivity index (χ4n) is 1.77. The van der Waals surface area contributed by atoms with Crippen LogP contribution in [0.25, 0.3) is 11.0 Å². The number of thiocarbonyl (C=S) groups is 1. The van der Waals surface area contributed by atoms with Crippen molar-refractivity contribution in [3.8, 4) is 0 Å². The van der Waals surface area contributed by atoms with Crippen molar-refractivity contribution in [2.45, 2.75) is 19.1 Å². The molecule has 1 aromatic heterocycles. The van der Waals surface area contributed by atoms with Gasteiger partial charge in [0, 0.05) is 0 Å². The van der Waals surface area contributed by atoms with Gasteiger partial charge in [-0.25, -0.2) is 4.98 Å². The van der Waals surface area contributed by atoms with Crippen molar-refractivity contribution < 1.29 is 13.2 Å². The maximum absolute atomic E-state index is 12.6. The van der Waals surface area contributed by atoms with E-state index in [1.165, 1.54) is 0 Å². The number of hydrogen-bond donors (Lipinski definition) is 1. The standard InChI is InChI=1S/C11H10F3N3S/c12-11(13,14)6-17-8-4-2-1-3-7(8)16-10(17)5-9(15)18/h1-4H,5-6H2,(H2,15,18). The van der Waals surface area contributed by atoms with Crippen molar-refractivity contribution in [3.63, 3.8) is 0 Å². The average molecular weight is 273 g/mol. The van der Waals surface area contributed by atoms with Gasteiger partial charge in [0.25, 0.3) is 0 Å². The van der Waals surface area contributed by atoms with Gasteiger partial charge in [-0.3, -0.25) is 0 Å². The second kappa shape index (κ2) is 4.56. The van der Waals surface area contributed by atoms with Crippen molar-refractivity contribution in [2.75, 3.05) is 0 Å². The minimum absolute atomic E-state index is 0.0556. The molecule has 2 N–H and O–H groups in total. The Morgan fingerprint density at radius 1 is 1.33 bits per heavy atom. The maximum Gasteiger partial charge on any atom is 0.406 e. The Balaban J connectivity index is 2.54. The highest BCUT2D eigenvalue weighted by Gasteiger charge is 2.30. The van der Waals surface area contributed by atoms with E-state index in [9.17, 15) is 13.2 Å². The second-order valence-corrected chi connectivity index (χ2v) is 4.39. The van der Waals surface area contributed by atoms with Crippen molar-refractivity contribution in [1.29, 1.82) is 0 Å². The molecule has 0 fully saturated rings. The molecule has 0 spiro atoms. The summed E-state index contributed by atoms with van der Waals surface area (Å²) in [6.45, 7) is -1.09. The van der Waals surface area contributed by atoms with Crippen LogP contribution in [0.5, 0.6) is 0 Å². The zero-order valence-corrected chi connectivity index (χ0v) is 10.1. The predicted molar refractivity (Wildman–Crippen MR) is 66.3 cm³/mol. The third-order valence-electron chi connectivity index (χ3n) is 2.40. The summed E-state index contributed by atoms with van der Waals surface area (Å²) in [6.07, 6.45) is -4.26. The van der Waals surface area contributed by atoms with E-state index >= 15 is 0 Å². The molecule has 0 unspecified atom stereocenters. The van der Waals surface area contributed by atoms with E-state index in [0.29, 0.717) is 11.0 Å². The third-order valence-corrected chi connectivity index (χ3v) is 2.55. The lowest BCUT2D eigenvalue weighted by Gasteiger charge is -2.11. The van der Waals surface area contributed by atoms with Crippen LogP contribution in [0.4, 0.5) is 13.2 Å². The fraction of sp³-hybridized carbons (Fsp3) is 0.273. The molecule has 96 valence electrons. The van der Waals surface area contributed by atoms with Crippen molar-refractivity contribution in [2.24, 2.45) is 5.73 Å². The van der Waals surface area contributed by atoms with Crippen molar-refractivity contribution in [1.82, 2.24) is 9.55 Å². The zero-order valence-electron chi connectivity index (χ0n) is 9.24. The van der Waals surface area contributed by atoms with Crippen LogP contribution in [0.15, 0.2) is 24.3 Å². The number of rotatable bonds is 3. The Morgan fingerprint density at radius 3 is 2.61 bits per heavy atom. The van der Waals surface area contributed by atoms with Crippen LogP contribution in [0.1, 0.15) is 5.82 Å². The summed E-state index contributed by atoms with van der Waals surface area (Å²) in [5, 5.41) is 0. The van der Waals surface area contributed by atoms with Crippen LogP contribution in [0, 0.1) is 0 Å². The molecule has 0 aliphatic heterocycles. The molecule has 3 nitrogen and oxygen atoms in total. The van der Waals surface area contributed by atoms with Crippen molar-refractivity contribution in [3.05, 3.63) is 30.1 Å². The lowest BCUT2D eigenvalue weighted by molar-refractivity contribution is -0.140. The number of para-hydroxylation sites is 2. The number of imidazole rings is 1. The van der Waals surface area contributed by atoms with Gasteiger partial charge >= 0.3 is 6.18 Å². The molecule has 2 rings (SSSR count). The van der Waals surface area contributed by atoms with E-state index in [-0.39, 0.29) is 17.2 Å². The molecule has 0 radical (unpaired) electrons. The summed E-state index contributed by atoms with van der Waals surface area (Å²) in [5.41, 5.74) is 6.31. The Kier molecular flexibility index (Phi) is 3.25. The van der Waals surface area contributed by atoms with Gasteiger partial charge in [0.15, 0.2) is 0 Å². The molecule has 0 aliphatic carbocycles. The molecule has 0 saturated heterocycles. The molecule has 1 aromatic carbocycles. The van der Waals surface area contributed by atoms with Gasteiger partial charge in [-0.2, -0.15) is 13.2 Å². The topological polar surface area (TPSA) is 43.8 Å². The minimum Gasteiger partial charge on any atom is -0.393 e. The minimum atomic E-state index is -4.31. The average Bonchev–Trinajstić information content (AvgIpc) is 2.54. The molecule has 0 bridgehead atoms. The highest BCUT2D eigenvalue weighted by atomic mass is 32.1. The number of aromatic nitrogens is 2. The highest BCUT2D eigenvalue weighted by molar-refractivity contribution is 7.80. The third kappa shape index (κ3) is 2.79. The van der Waals surface area contributed by atoms with E-state index < -0.39 is 12.7 Å².